The first-order valence-corrected chi connectivity index (χ1v) is 11.7. The van der Waals surface area contributed by atoms with Crippen LogP contribution in [0.1, 0.15) is 19.3 Å². The molecular formula is C23H25Cl2N5O2. The molecule has 9 heteroatoms. The molecule has 0 amide bonds. The third-order valence-electron chi connectivity index (χ3n) is 6.31. The smallest absolute Gasteiger partial charge is 0.155 e. The molecular weight excluding hydrogens is 449 g/mol. The highest BCUT2D eigenvalue weighted by molar-refractivity contribution is 6.35. The zero-order valence-electron chi connectivity index (χ0n) is 17.6. The number of aromatic nitrogens is 3. The fourth-order valence-electron chi connectivity index (χ4n) is 4.67. The molecule has 0 aliphatic carbocycles. The number of carbonyl (C=O) groups excluding carboxylic acids is 1. The van der Waals surface area contributed by atoms with Crippen molar-refractivity contribution >= 4 is 51.5 Å². The molecule has 32 heavy (non-hydrogen) atoms. The maximum Gasteiger partial charge on any atom is 0.155 e. The molecule has 2 N–H and O–H groups in total. The summed E-state index contributed by atoms with van der Waals surface area (Å²) in [5, 5.41) is 5.48. The molecule has 0 unspecified atom stereocenters. The number of rotatable bonds is 7. The van der Waals surface area contributed by atoms with E-state index in [-0.39, 0.29) is 23.7 Å². The summed E-state index contributed by atoms with van der Waals surface area (Å²) in [6, 6.07) is 6.97. The average molecular weight is 474 g/mol. The number of nitrogens with one attached hydrogen (secondary N) is 2. The number of halogens is 2. The van der Waals surface area contributed by atoms with Gasteiger partial charge in [0.15, 0.2) is 5.78 Å². The average Bonchev–Trinajstić information content (AvgIpc) is 3.20. The summed E-state index contributed by atoms with van der Waals surface area (Å²) in [5.41, 5.74) is 1.59. The van der Waals surface area contributed by atoms with Crippen molar-refractivity contribution in [2.24, 2.45) is 11.8 Å². The minimum atomic E-state index is -0.316. The van der Waals surface area contributed by atoms with Gasteiger partial charge in [0, 0.05) is 47.4 Å². The Hall–Kier alpha value is -2.35. The third kappa shape index (κ3) is 4.56. The molecule has 4 heterocycles. The highest BCUT2D eigenvalue weighted by Gasteiger charge is 2.35. The molecule has 0 radical (unpaired) electrons. The summed E-state index contributed by atoms with van der Waals surface area (Å²) in [4.78, 5) is 27.6. The van der Waals surface area contributed by atoms with Gasteiger partial charge in [0.25, 0.3) is 0 Å². The van der Waals surface area contributed by atoms with E-state index >= 15 is 0 Å². The van der Waals surface area contributed by atoms with E-state index in [0.717, 1.165) is 48.5 Å². The number of nitrogens with zero attached hydrogens (tertiary/aromatic N) is 3. The summed E-state index contributed by atoms with van der Waals surface area (Å²) in [7, 11) is 0. The van der Waals surface area contributed by atoms with Crippen LogP contribution in [0.4, 0.5) is 11.5 Å². The Morgan fingerprint density at radius 3 is 2.81 bits per heavy atom. The van der Waals surface area contributed by atoms with Crippen molar-refractivity contribution in [3.8, 4) is 0 Å². The van der Waals surface area contributed by atoms with Gasteiger partial charge in [-0.05, 0) is 43.0 Å². The number of H-pyrrole nitrogens is 1. The van der Waals surface area contributed by atoms with Gasteiger partial charge in [-0.2, -0.15) is 0 Å². The minimum Gasteiger partial charge on any atom is -0.380 e. The van der Waals surface area contributed by atoms with Crippen molar-refractivity contribution in [2.75, 3.05) is 36.5 Å². The molecule has 2 aromatic heterocycles. The molecule has 1 aromatic carbocycles. The number of hydrogen-bond acceptors (Lipinski definition) is 6. The first kappa shape index (κ1) is 21.5. The van der Waals surface area contributed by atoms with Gasteiger partial charge in [0.05, 0.1) is 24.6 Å². The largest absolute Gasteiger partial charge is 0.380 e. The van der Waals surface area contributed by atoms with Crippen LogP contribution in [0.25, 0.3) is 11.0 Å². The van der Waals surface area contributed by atoms with Gasteiger partial charge in [-0.1, -0.05) is 23.2 Å². The second-order valence-electron chi connectivity index (χ2n) is 8.64. The summed E-state index contributed by atoms with van der Waals surface area (Å²) in [5.74, 6) is 1.56. The van der Waals surface area contributed by atoms with Gasteiger partial charge < -0.3 is 19.9 Å². The van der Waals surface area contributed by atoms with E-state index < -0.39 is 0 Å². The van der Waals surface area contributed by atoms with Crippen molar-refractivity contribution in [3.05, 3.63) is 46.8 Å². The van der Waals surface area contributed by atoms with E-state index in [1.807, 2.05) is 12.3 Å². The summed E-state index contributed by atoms with van der Waals surface area (Å²) in [6.45, 7) is 2.91. The molecule has 2 fully saturated rings. The normalized spacial score (nSPS) is 20.2. The molecule has 2 aliphatic heterocycles. The van der Waals surface area contributed by atoms with Gasteiger partial charge in [-0.3, -0.25) is 4.79 Å². The number of ketones is 1. The predicted molar refractivity (Wildman–Crippen MR) is 127 cm³/mol. The topological polar surface area (TPSA) is 83.1 Å². The molecule has 0 spiro atoms. The monoisotopic (exact) mass is 473 g/mol. The molecule has 0 saturated carbocycles. The Kier molecular flexibility index (Phi) is 6.22. The molecule has 168 valence electrons. The van der Waals surface area contributed by atoms with Gasteiger partial charge in [-0.15, -0.1) is 0 Å². The number of piperidine rings is 1. The molecule has 2 atom stereocenters. The minimum absolute atomic E-state index is 0.154. The van der Waals surface area contributed by atoms with Crippen molar-refractivity contribution in [2.45, 2.75) is 25.3 Å². The highest BCUT2D eigenvalue weighted by atomic mass is 35.5. The molecule has 0 bridgehead atoms. The number of hydrogen-bond donors (Lipinski definition) is 2. The van der Waals surface area contributed by atoms with Crippen LogP contribution in [0.15, 0.2) is 36.8 Å². The predicted octanol–water partition coefficient (Wildman–Crippen LogP) is 4.57. The van der Waals surface area contributed by atoms with Crippen LogP contribution in [0.3, 0.4) is 0 Å². The second-order valence-corrected chi connectivity index (χ2v) is 9.51. The van der Waals surface area contributed by atoms with E-state index in [1.165, 1.54) is 0 Å². The van der Waals surface area contributed by atoms with Crippen LogP contribution in [0.2, 0.25) is 10.0 Å². The summed E-state index contributed by atoms with van der Waals surface area (Å²) in [6.07, 6.45) is 6.05. The Balaban J connectivity index is 1.29. The highest BCUT2D eigenvalue weighted by Crippen LogP contribution is 2.31. The number of fused-ring (bicyclic) bond motifs is 1. The maximum atomic E-state index is 13.4. The second kappa shape index (κ2) is 9.25. The first-order valence-electron chi connectivity index (χ1n) is 10.9. The molecule has 2 aliphatic rings. The number of carbonyl (C=O) groups is 1. The van der Waals surface area contributed by atoms with Gasteiger partial charge in [-0.25, -0.2) is 9.97 Å². The third-order valence-corrected chi connectivity index (χ3v) is 6.74. The van der Waals surface area contributed by atoms with Crippen LogP contribution in [-0.4, -0.2) is 53.1 Å². The fourth-order valence-corrected chi connectivity index (χ4v) is 5.20. The van der Waals surface area contributed by atoms with E-state index in [1.54, 1.807) is 24.5 Å². The Labute approximate surface area is 196 Å². The number of Topliss-reactive ketones (excluding diaryl/α,β-unsaturated/α-hetero) is 1. The van der Waals surface area contributed by atoms with Crippen molar-refractivity contribution in [1.82, 2.24) is 15.0 Å². The lowest BCUT2D eigenvalue weighted by Gasteiger charge is -2.37. The number of aromatic amines is 1. The van der Waals surface area contributed by atoms with Gasteiger partial charge in [0.1, 0.15) is 17.8 Å². The van der Waals surface area contributed by atoms with Crippen LogP contribution in [0.5, 0.6) is 0 Å². The van der Waals surface area contributed by atoms with Crippen molar-refractivity contribution in [1.29, 1.82) is 0 Å². The van der Waals surface area contributed by atoms with E-state index in [4.69, 9.17) is 27.9 Å². The van der Waals surface area contributed by atoms with E-state index in [2.05, 4.69) is 25.2 Å². The summed E-state index contributed by atoms with van der Waals surface area (Å²) < 4.78 is 5.38. The van der Waals surface area contributed by atoms with E-state index in [9.17, 15) is 4.79 Å². The Bertz CT molecular complexity index is 1100. The van der Waals surface area contributed by atoms with Crippen LogP contribution < -0.4 is 10.2 Å². The summed E-state index contributed by atoms with van der Waals surface area (Å²) >= 11 is 12.3. The SMILES string of the molecule is O=C(C[C@@H]1CCCN(c2ncnc3[nH]ccc23)C1)[C@H](Nc1cc(Cl)cc(Cl)c1)C1COC1. The van der Waals surface area contributed by atoms with Crippen molar-refractivity contribution < 1.29 is 9.53 Å². The lowest BCUT2D eigenvalue weighted by molar-refractivity contribution is -0.127. The number of ether oxygens (including phenoxy) is 1. The standard InChI is InChI=1S/C23H25Cl2N5O2/c24-16-7-17(25)9-18(8-16)29-21(15-11-32-12-15)20(31)6-14-2-1-5-30(10-14)23-19-3-4-26-22(19)27-13-28-23/h3-4,7-9,13-15,21,29H,1-2,5-6,10-12H2,(H,26,27,28)/t14-,21+/m0/s1. The zero-order chi connectivity index (χ0) is 22.1. The lowest BCUT2D eigenvalue weighted by atomic mass is 9.86. The molecule has 2 saturated heterocycles. The molecule has 5 rings (SSSR count). The fraction of sp³-hybridized carbons (Fsp3) is 0.435. The Morgan fingerprint density at radius 2 is 2.06 bits per heavy atom. The van der Waals surface area contributed by atoms with Crippen LogP contribution in [-0.2, 0) is 9.53 Å². The lowest BCUT2D eigenvalue weighted by Crippen LogP contribution is -2.48. The van der Waals surface area contributed by atoms with Crippen LogP contribution in [0, 0.1) is 11.8 Å². The Morgan fingerprint density at radius 1 is 1.25 bits per heavy atom. The number of anilines is 2. The first-order chi connectivity index (χ1) is 15.6. The van der Waals surface area contributed by atoms with Gasteiger partial charge in [0.2, 0.25) is 0 Å². The van der Waals surface area contributed by atoms with Crippen LogP contribution >= 0.6 is 23.2 Å². The molecule has 3 aromatic rings. The number of benzene rings is 1. The van der Waals surface area contributed by atoms with Crippen molar-refractivity contribution in [3.63, 3.8) is 0 Å². The van der Waals surface area contributed by atoms with Gasteiger partial charge >= 0.3 is 0 Å². The van der Waals surface area contributed by atoms with E-state index in [0.29, 0.717) is 29.7 Å². The quantitative estimate of drug-likeness (QED) is 0.522. The maximum absolute atomic E-state index is 13.4. The molecule has 7 nitrogen and oxygen atoms in total. The zero-order valence-corrected chi connectivity index (χ0v) is 19.1.